The molecule has 5 nitrogen and oxygen atoms in total. The summed E-state index contributed by atoms with van der Waals surface area (Å²) >= 11 is 0. The largest absolute Gasteiger partial charge is 0.480 e. The molecule has 15 heavy (non-hydrogen) atoms. The van der Waals surface area contributed by atoms with Gasteiger partial charge in [0.05, 0.1) is 0 Å². The van der Waals surface area contributed by atoms with Crippen molar-refractivity contribution >= 4 is 11.9 Å². The highest BCUT2D eigenvalue weighted by molar-refractivity contribution is 5.85. The molecule has 2 unspecified atom stereocenters. The lowest BCUT2D eigenvalue weighted by atomic mass is 10.0. The Labute approximate surface area is 90.0 Å². The summed E-state index contributed by atoms with van der Waals surface area (Å²) in [4.78, 5) is 22.4. The van der Waals surface area contributed by atoms with Crippen molar-refractivity contribution in [3.8, 4) is 0 Å². The first kappa shape index (κ1) is 13.9. The van der Waals surface area contributed by atoms with E-state index >= 15 is 0 Å². The summed E-state index contributed by atoms with van der Waals surface area (Å²) in [6.45, 7) is 6.89. The van der Waals surface area contributed by atoms with Crippen LogP contribution in [0.5, 0.6) is 0 Å². The van der Waals surface area contributed by atoms with Crippen LogP contribution in [0.15, 0.2) is 0 Å². The number of carbonyl (C=O) groups is 2. The van der Waals surface area contributed by atoms with Crippen molar-refractivity contribution in [3.05, 3.63) is 0 Å². The topological polar surface area (TPSA) is 92.4 Å². The number of aliphatic carboxylic acids is 1. The molecule has 0 heterocycles. The summed E-state index contributed by atoms with van der Waals surface area (Å²) in [7, 11) is 0. The SMILES string of the molecule is CC(N)C(C)C(=O)N[C@H](C(=O)O)C(C)C. The molecule has 4 N–H and O–H groups in total. The molecule has 0 saturated carbocycles. The predicted octanol–water partition coefficient (Wildman–Crippen LogP) is 0.195. The first-order valence-electron chi connectivity index (χ1n) is 5.06. The van der Waals surface area contributed by atoms with E-state index in [0.29, 0.717) is 0 Å². The van der Waals surface area contributed by atoms with Crippen LogP contribution in [0.25, 0.3) is 0 Å². The molecular formula is C10H20N2O3. The van der Waals surface area contributed by atoms with Crippen LogP contribution in [0.1, 0.15) is 27.7 Å². The van der Waals surface area contributed by atoms with E-state index in [1.165, 1.54) is 0 Å². The number of carboxylic acids is 1. The van der Waals surface area contributed by atoms with Gasteiger partial charge in [-0.25, -0.2) is 4.79 Å². The van der Waals surface area contributed by atoms with Crippen molar-refractivity contribution in [1.82, 2.24) is 5.32 Å². The number of carbonyl (C=O) groups excluding carboxylic acids is 1. The van der Waals surface area contributed by atoms with Gasteiger partial charge in [-0.3, -0.25) is 4.79 Å². The van der Waals surface area contributed by atoms with Gasteiger partial charge in [-0.1, -0.05) is 20.8 Å². The van der Waals surface area contributed by atoms with Gasteiger partial charge in [0, 0.05) is 12.0 Å². The maximum Gasteiger partial charge on any atom is 0.326 e. The van der Waals surface area contributed by atoms with E-state index in [4.69, 9.17) is 10.8 Å². The first-order chi connectivity index (χ1) is 6.77. The highest BCUT2D eigenvalue weighted by Gasteiger charge is 2.26. The molecule has 0 rings (SSSR count). The maximum atomic E-state index is 11.5. The van der Waals surface area contributed by atoms with E-state index in [1.807, 2.05) is 0 Å². The maximum absolute atomic E-state index is 11.5. The van der Waals surface area contributed by atoms with E-state index in [-0.39, 0.29) is 23.8 Å². The van der Waals surface area contributed by atoms with Crippen LogP contribution in [0.2, 0.25) is 0 Å². The molecule has 5 heteroatoms. The number of hydrogen-bond acceptors (Lipinski definition) is 3. The number of rotatable bonds is 5. The summed E-state index contributed by atoms with van der Waals surface area (Å²) in [5.41, 5.74) is 5.56. The fourth-order valence-electron chi connectivity index (χ4n) is 1.04. The number of carboxylic acid groups (broad SMARTS) is 1. The molecule has 0 bridgehead atoms. The van der Waals surface area contributed by atoms with Crippen LogP contribution in [0, 0.1) is 11.8 Å². The summed E-state index contributed by atoms with van der Waals surface area (Å²) in [6, 6.07) is -1.13. The standard InChI is InChI=1S/C10H20N2O3/c1-5(2)8(10(14)15)12-9(13)6(3)7(4)11/h5-8H,11H2,1-4H3,(H,12,13)(H,14,15)/t6?,7?,8-/m0/s1. The average Bonchev–Trinajstić information content (AvgIpc) is 2.11. The first-order valence-corrected chi connectivity index (χ1v) is 5.06. The molecule has 1 amide bonds. The zero-order valence-corrected chi connectivity index (χ0v) is 9.65. The highest BCUT2D eigenvalue weighted by atomic mass is 16.4. The Bertz CT molecular complexity index is 239. The molecule has 0 aromatic heterocycles. The minimum Gasteiger partial charge on any atom is -0.480 e. The lowest BCUT2D eigenvalue weighted by molar-refractivity contribution is -0.143. The molecule has 88 valence electrons. The van der Waals surface area contributed by atoms with Gasteiger partial charge in [-0.2, -0.15) is 0 Å². The molecule has 0 radical (unpaired) electrons. The normalized spacial score (nSPS) is 16.9. The molecule has 3 atom stereocenters. The van der Waals surface area contributed by atoms with Gasteiger partial charge in [0.15, 0.2) is 0 Å². The van der Waals surface area contributed by atoms with Gasteiger partial charge in [-0.05, 0) is 12.8 Å². The quantitative estimate of drug-likeness (QED) is 0.612. The average molecular weight is 216 g/mol. The number of amides is 1. The van der Waals surface area contributed by atoms with Gasteiger partial charge in [0.25, 0.3) is 0 Å². The van der Waals surface area contributed by atoms with Gasteiger partial charge in [-0.15, -0.1) is 0 Å². The second-order valence-electron chi connectivity index (χ2n) is 4.22. The third-order valence-corrected chi connectivity index (χ3v) is 2.43. The molecule has 0 spiro atoms. The van der Waals surface area contributed by atoms with Crippen molar-refractivity contribution in [2.24, 2.45) is 17.6 Å². The Morgan fingerprint density at radius 2 is 1.67 bits per heavy atom. The van der Waals surface area contributed by atoms with Gasteiger partial charge in [0.1, 0.15) is 6.04 Å². The van der Waals surface area contributed by atoms with Crippen molar-refractivity contribution < 1.29 is 14.7 Å². The lowest BCUT2D eigenvalue weighted by Gasteiger charge is -2.21. The van der Waals surface area contributed by atoms with Crippen LogP contribution in [-0.4, -0.2) is 29.1 Å². The van der Waals surface area contributed by atoms with Gasteiger partial charge < -0.3 is 16.2 Å². The summed E-state index contributed by atoms with van der Waals surface area (Å²) in [5.74, 6) is -1.86. The number of hydrogen-bond donors (Lipinski definition) is 3. The van der Waals surface area contributed by atoms with Gasteiger partial charge in [0.2, 0.25) is 5.91 Å². The molecule has 0 fully saturated rings. The minimum atomic E-state index is -1.02. The van der Waals surface area contributed by atoms with Crippen molar-refractivity contribution in [1.29, 1.82) is 0 Å². The van der Waals surface area contributed by atoms with E-state index in [0.717, 1.165) is 0 Å². The van der Waals surface area contributed by atoms with Crippen molar-refractivity contribution in [2.45, 2.75) is 39.8 Å². The fourth-order valence-corrected chi connectivity index (χ4v) is 1.04. The lowest BCUT2D eigenvalue weighted by Crippen LogP contribution is -2.48. The molecule has 0 aliphatic heterocycles. The highest BCUT2D eigenvalue weighted by Crippen LogP contribution is 2.05. The third kappa shape index (κ3) is 4.29. The minimum absolute atomic E-state index is 0.147. The van der Waals surface area contributed by atoms with Crippen LogP contribution in [0.4, 0.5) is 0 Å². The zero-order valence-electron chi connectivity index (χ0n) is 9.65. The van der Waals surface area contributed by atoms with E-state index in [1.54, 1.807) is 27.7 Å². The van der Waals surface area contributed by atoms with Crippen LogP contribution < -0.4 is 11.1 Å². The third-order valence-electron chi connectivity index (χ3n) is 2.43. The van der Waals surface area contributed by atoms with Crippen LogP contribution in [0.3, 0.4) is 0 Å². The molecule has 0 aliphatic carbocycles. The fraction of sp³-hybridized carbons (Fsp3) is 0.800. The summed E-state index contributed by atoms with van der Waals surface area (Å²) in [5, 5.41) is 11.3. The monoisotopic (exact) mass is 216 g/mol. The number of nitrogens with one attached hydrogen (secondary N) is 1. The van der Waals surface area contributed by atoms with Crippen molar-refractivity contribution in [2.75, 3.05) is 0 Å². The Balaban J connectivity index is 4.43. The Morgan fingerprint density at radius 3 is 1.93 bits per heavy atom. The van der Waals surface area contributed by atoms with Gasteiger partial charge >= 0.3 is 5.97 Å². The summed E-state index contributed by atoms with van der Waals surface area (Å²) in [6.07, 6.45) is 0. The second-order valence-corrected chi connectivity index (χ2v) is 4.22. The smallest absolute Gasteiger partial charge is 0.326 e. The predicted molar refractivity (Wildman–Crippen MR) is 57.2 cm³/mol. The molecule has 0 aromatic carbocycles. The zero-order chi connectivity index (χ0) is 12.2. The second kappa shape index (κ2) is 5.70. The Morgan fingerprint density at radius 1 is 1.20 bits per heavy atom. The van der Waals surface area contributed by atoms with E-state index in [9.17, 15) is 9.59 Å². The molecular weight excluding hydrogens is 196 g/mol. The number of nitrogens with two attached hydrogens (primary N) is 1. The summed E-state index contributed by atoms with van der Waals surface area (Å²) < 4.78 is 0. The Hall–Kier alpha value is -1.10. The van der Waals surface area contributed by atoms with Crippen LogP contribution >= 0.6 is 0 Å². The molecule has 0 aliphatic rings. The van der Waals surface area contributed by atoms with Crippen molar-refractivity contribution in [3.63, 3.8) is 0 Å². The van der Waals surface area contributed by atoms with Crippen LogP contribution in [-0.2, 0) is 9.59 Å². The van der Waals surface area contributed by atoms with E-state index < -0.39 is 12.0 Å². The van der Waals surface area contributed by atoms with E-state index in [2.05, 4.69) is 5.32 Å². The Kier molecular flexibility index (Phi) is 5.28. The molecule has 0 aromatic rings. The molecule has 0 saturated heterocycles.